The zero-order valence-electron chi connectivity index (χ0n) is 5.36. The molecule has 0 aromatic carbocycles. The molecular formula is C5H4BrN2O3+. The van der Waals surface area contributed by atoms with E-state index in [4.69, 9.17) is 0 Å². The topological polar surface area (TPSA) is 63.2 Å². The van der Waals surface area contributed by atoms with Crippen molar-refractivity contribution in [1.82, 2.24) is 0 Å². The van der Waals surface area contributed by atoms with Gasteiger partial charge in [-0.15, -0.1) is 0 Å². The lowest BCUT2D eigenvalue weighted by molar-refractivity contribution is -0.479. The van der Waals surface area contributed by atoms with Crippen molar-refractivity contribution in [2.75, 3.05) is 6.54 Å². The average Bonchev–Trinajstić information content (AvgIpc) is 1.85. The Bertz CT molecular complexity index is 281. The zero-order valence-corrected chi connectivity index (χ0v) is 6.94. The second kappa shape index (κ2) is 2.91. The molecule has 0 fully saturated rings. The fourth-order valence-electron chi connectivity index (χ4n) is 0.681. The van der Waals surface area contributed by atoms with Crippen molar-refractivity contribution in [1.29, 1.82) is 0 Å². The lowest BCUT2D eigenvalue weighted by atomic mass is 10.3. The van der Waals surface area contributed by atoms with Crippen molar-refractivity contribution in [3.05, 3.63) is 37.5 Å². The molecule has 0 amide bonds. The maximum atomic E-state index is 10.6. The Kier molecular flexibility index (Phi) is 2.13. The van der Waals surface area contributed by atoms with Crippen LogP contribution < -0.4 is 0 Å². The van der Waals surface area contributed by atoms with Gasteiger partial charge in [-0.1, -0.05) is 0 Å². The van der Waals surface area contributed by atoms with Crippen LogP contribution in [-0.2, 0) is 0 Å². The van der Waals surface area contributed by atoms with Gasteiger partial charge in [-0.25, -0.2) is 0 Å². The minimum atomic E-state index is -0.534. The van der Waals surface area contributed by atoms with E-state index in [0.29, 0.717) is 4.76 Å². The van der Waals surface area contributed by atoms with Gasteiger partial charge in [0.15, 0.2) is 4.48 Å². The lowest BCUT2D eigenvalue weighted by Crippen LogP contribution is -2.11. The molecule has 0 aromatic heterocycles. The van der Waals surface area contributed by atoms with Crippen LogP contribution in [-0.4, -0.2) is 16.2 Å². The molecule has 0 unspecified atom stereocenters. The molecule has 0 N–H and O–H groups in total. The first-order valence-corrected chi connectivity index (χ1v) is 3.56. The summed E-state index contributed by atoms with van der Waals surface area (Å²) in [5, 5.41) is 10.2. The first-order chi connectivity index (χ1) is 5.11. The molecule has 0 spiro atoms. The Morgan fingerprint density at radius 3 is 2.82 bits per heavy atom. The summed E-state index contributed by atoms with van der Waals surface area (Å²) in [7, 11) is 0. The van der Waals surface area contributed by atoms with Gasteiger partial charge >= 0.3 is 0 Å². The molecule has 0 bridgehead atoms. The van der Waals surface area contributed by atoms with Gasteiger partial charge in [0, 0.05) is 9.67 Å². The van der Waals surface area contributed by atoms with Gasteiger partial charge in [0.2, 0.25) is 12.7 Å². The Morgan fingerprint density at radius 1 is 1.73 bits per heavy atom. The second-order valence-corrected chi connectivity index (χ2v) is 2.78. The van der Waals surface area contributed by atoms with Gasteiger partial charge in [0.1, 0.15) is 0 Å². The summed E-state index contributed by atoms with van der Waals surface area (Å²) in [5.41, 5.74) is -0.0582. The number of nitrogens with zero attached hydrogens (tertiary/aromatic N) is 2. The molecule has 0 aliphatic carbocycles. The van der Waals surface area contributed by atoms with Crippen LogP contribution in [0.25, 0.3) is 0 Å². The molecule has 1 heterocycles. The van der Waals surface area contributed by atoms with E-state index >= 15 is 0 Å². The third-order valence-electron chi connectivity index (χ3n) is 1.16. The standard InChI is InChI=1S/C5H4BrN2O3/c6-4-3-7(9)2-1-5(4)8(10)11/h1,3H,2H2/q+1. The van der Waals surface area contributed by atoms with Crippen molar-refractivity contribution in [2.24, 2.45) is 0 Å². The van der Waals surface area contributed by atoms with Crippen LogP contribution in [0.1, 0.15) is 0 Å². The van der Waals surface area contributed by atoms with E-state index in [0.717, 1.165) is 6.20 Å². The van der Waals surface area contributed by atoms with E-state index in [9.17, 15) is 15.0 Å². The number of rotatable bonds is 1. The predicted molar refractivity (Wildman–Crippen MR) is 40.6 cm³/mol. The molecule has 0 atom stereocenters. The summed E-state index contributed by atoms with van der Waals surface area (Å²) in [5.74, 6) is 0. The van der Waals surface area contributed by atoms with E-state index in [1.54, 1.807) is 0 Å². The van der Waals surface area contributed by atoms with Crippen molar-refractivity contribution in [2.45, 2.75) is 0 Å². The highest BCUT2D eigenvalue weighted by atomic mass is 79.9. The van der Waals surface area contributed by atoms with E-state index in [2.05, 4.69) is 15.9 Å². The highest BCUT2D eigenvalue weighted by Crippen LogP contribution is 2.20. The van der Waals surface area contributed by atoms with Gasteiger partial charge in [-0.2, -0.15) is 0 Å². The third kappa shape index (κ3) is 1.70. The molecular weight excluding hydrogens is 216 g/mol. The molecule has 1 aliphatic heterocycles. The summed E-state index contributed by atoms with van der Waals surface area (Å²) in [6.07, 6.45) is 2.40. The number of nitroso groups, excluding NO2 is 1. The van der Waals surface area contributed by atoms with Crippen molar-refractivity contribution in [3.8, 4) is 0 Å². The van der Waals surface area contributed by atoms with E-state index in [-0.39, 0.29) is 16.7 Å². The number of allylic oxidation sites excluding steroid dienone is 1. The van der Waals surface area contributed by atoms with Crippen LogP contribution in [0.2, 0.25) is 0 Å². The van der Waals surface area contributed by atoms with Crippen molar-refractivity contribution in [3.63, 3.8) is 0 Å². The molecule has 1 rings (SSSR count). The molecule has 58 valence electrons. The average molecular weight is 220 g/mol. The fraction of sp³-hybridized carbons (Fsp3) is 0.200. The molecule has 11 heavy (non-hydrogen) atoms. The van der Waals surface area contributed by atoms with Gasteiger partial charge in [-0.3, -0.25) is 10.1 Å². The van der Waals surface area contributed by atoms with Crippen LogP contribution in [0.4, 0.5) is 0 Å². The molecule has 1 aliphatic rings. The Morgan fingerprint density at radius 2 is 2.36 bits per heavy atom. The van der Waals surface area contributed by atoms with E-state index in [1.807, 2.05) is 0 Å². The Balaban J connectivity index is 2.94. The predicted octanol–water partition coefficient (Wildman–Crippen LogP) is 1.18. The minimum Gasteiger partial charge on any atom is -0.258 e. The zero-order chi connectivity index (χ0) is 8.43. The van der Waals surface area contributed by atoms with Crippen LogP contribution in [0.15, 0.2) is 22.5 Å². The van der Waals surface area contributed by atoms with Crippen LogP contribution in [0, 0.1) is 15.0 Å². The molecule has 0 aromatic rings. The highest BCUT2D eigenvalue weighted by Gasteiger charge is 2.24. The largest absolute Gasteiger partial charge is 0.292 e. The van der Waals surface area contributed by atoms with Crippen LogP contribution in [0.3, 0.4) is 0 Å². The SMILES string of the molecule is O=[N+]1C=C(Br)C([N+](=O)[O-])=CC1. The first kappa shape index (κ1) is 8.06. The fourth-order valence-corrected chi connectivity index (χ4v) is 1.22. The van der Waals surface area contributed by atoms with Gasteiger partial charge in [-0.05, 0) is 15.9 Å². The number of hydrogen-bond acceptors (Lipinski definition) is 3. The monoisotopic (exact) mass is 219 g/mol. The smallest absolute Gasteiger partial charge is 0.258 e. The van der Waals surface area contributed by atoms with Crippen LogP contribution >= 0.6 is 15.9 Å². The second-order valence-electron chi connectivity index (χ2n) is 1.92. The quantitative estimate of drug-likeness (QED) is 0.378. The van der Waals surface area contributed by atoms with Gasteiger partial charge in [0.25, 0.3) is 5.70 Å². The van der Waals surface area contributed by atoms with Gasteiger partial charge in [0.05, 0.1) is 11.0 Å². The molecule has 6 heteroatoms. The number of nitro groups is 1. The Labute approximate surface area is 70.2 Å². The number of halogens is 1. The van der Waals surface area contributed by atoms with Crippen LogP contribution in [0.5, 0.6) is 0 Å². The first-order valence-electron chi connectivity index (χ1n) is 2.77. The summed E-state index contributed by atoms with van der Waals surface area (Å²) in [4.78, 5) is 20.3. The lowest BCUT2D eigenvalue weighted by Gasteiger charge is -1.95. The molecule has 0 radical (unpaired) electrons. The molecule has 0 saturated heterocycles. The minimum absolute atomic E-state index is 0.0331. The van der Waals surface area contributed by atoms with Gasteiger partial charge < -0.3 is 0 Å². The summed E-state index contributed by atoms with van der Waals surface area (Å²) in [6.45, 7) is 0.0331. The Hall–Kier alpha value is -1.04. The summed E-state index contributed by atoms with van der Waals surface area (Å²) >= 11 is 2.91. The molecule has 0 saturated carbocycles. The highest BCUT2D eigenvalue weighted by molar-refractivity contribution is 9.11. The van der Waals surface area contributed by atoms with E-state index in [1.165, 1.54) is 6.08 Å². The summed E-state index contributed by atoms with van der Waals surface area (Å²) in [6, 6.07) is 0. The van der Waals surface area contributed by atoms with Crippen molar-refractivity contribution < 1.29 is 9.68 Å². The molecule has 5 nitrogen and oxygen atoms in total. The van der Waals surface area contributed by atoms with Crippen molar-refractivity contribution >= 4 is 15.9 Å². The normalized spacial score (nSPS) is 17.4. The maximum absolute atomic E-state index is 10.6. The summed E-state index contributed by atoms with van der Waals surface area (Å²) < 4.78 is 0.820. The third-order valence-corrected chi connectivity index (χ3v) is 1.77. The number of hydrogen-bond donors (Lipinski definition) is 0. The van der Waals surface area contributed by atoms with E-state index < -0.39 is 4.92 Å². The maximum Gasteiger partial charge on any atom is 0.292 e.